The molecule has 0 aliphatic rings. The van der Waals surface area contributed by atoms with Crippen LogP contribution in [0.15, 0.2) is 30.3 Å². The van der Waals surface area contributed by atoms with Crippen molar-refractivity contribution in [1.82, 2.24) is 9.80 Å². The fraction of sp³-hybridized carbons (Fsp3) is 0.600. The molecule has 1 rings (SSSR count). The minimum Gasteiger partial charge on any atom is -0.305 e. The van der Waals surface area contributed by atoms with Crippen LogP contribution in [0.25, 0.3) is 0 Å². The molecule has 0 unspecified atom stereocenters. The summed E-state index contributed by atoms with van der Waals surface area (Å²) in [4.78, 5) is 4.54. The first-order valence-corrected chi connectivity index (χ1v) is 6.54. The fourth-order valence-electron chi connectivity index (χ4n) is 1.62. The van der Waals surface area contributed by atoms with Crippen molar-refractivity contribution in [3.05, 3.63) is 35.9 Å². The maximum absolute atomic E-state index is 2.38. The lowest BCUT2D eigenvalue weighted by molar-refractivity contribution is 0.321. The fourth-order valence-corrected chi connectivity index (χ4v) is 1.62. The largest absolute Gasteiger partial charge is 0.305 e. The molecule has 106 valence electrons. The van der Waals surface area contributed by atoms with Crippen molar-refractivity contribution in [3.63, 3.8) is 0 Å². The second kappa shape index (κ2) is 12.9. The molecular weight excluding hydrogens is 244 g/mol. The maximum Gasteiger partial charge on any atom is 0.0227 e. The Morgan fingerprint density at radius 2 is 1.28 bits per heavy atom. The van der Waals surface area contributed by atoms with Crippen LogP contribution in [-0.2, 0) is 6.54 Å². The van der Waals surface area contributed by atoms with E-state index in [1.54, 1.807) is 0 Å². The molecule has 0 heterocycles. The van der Waals surface area contributed by atoms with Gasteiger partial charge in [0, 0.05) is 6.54 Å². The Kier molecular flexibility index (Phi) is 14.1. The SMILES string of the molecule is CCN(CC)CC.CN(C)Cc1ccccc1.Cl. The highest BCUT2D eigenvalue weighted by Gasteiger charge is 1.90. The predicted octanol–water partition coefficient (Wildman–Crippen LogP) is 3.52. The molecule has 0 N–H and O–H groups in total. The van der Waals surface area contributed by atoms with E-state index in [1.807, 2.05) is 6.07 Å². The minimum absolute atomic E-state index is 0. The Hall–Kier alpha value is -0.570. The zero-order valence-corrected chi connectivity index (χ0v) is 13.3. The van der Waals surface area contributed by atoms with Crippen molar-refractivity contribution in [2.75, 3.05) is 33.7 Å². The van der Waals surface area contributed by atoms with Gasteiger partial charge in [-0.05, 0) is 39.3 Å². The summed E-state index contributed by atoms with van der Waals surface area (Å²) in [6.45, 7) is 11.2. The van der Waals surface area contributed by atoms with Gasteiger partial charge in [-0.3, -0.25) is 0 Å². The average Bonchev–Trinajstić information content (AvgIpc) is 2.32. The van der Waals surface area contributed by atoms with E-state index >= 15 is 0 Å². The van der Waals surface area contributed by atoms with Gasteiger partial charge in [0.15, 0.2) is 0 Å². The molecule has 18 heavy (non-hydrogen) atoms. The Labute approximate surface area is 119 Å². The highest BCUT2D eigenvalue weighted by atomic mass is 35.5. The molecular formula is C15H29ClN2. The number of hydrogen-bond donors (Lipinski definition) is 0. The summed E-state index contributed by atoms with van der Waals surface area (Å²) >= 11 is 0. The molecule has 0 aromatic heterocycles. The molecule has 2 nitrogen and oxygen atoms in total. The van der Waals surface area contributed by atoms with Gasteiger partial charge < -0.3 is 9.80 Å². The van der Waals surface area contributed by atoms with Crippen LogP contribution in [0.1, 0.15) is 26.3 Å². The quantitative estimate of drug-likeness (QED) is 0.809. The van der Waals surface area contributed by atoms with E-state index in [4.69, 9.17) is 0 Å². The highest BCUT2D eigenvalue weighted by molar-refractivity contribution is 5.85. The Bertz CT molecular complexity index is 253. The van der Waals surface area contributed by atoms with Crippen molar-refractivity contribution in [2.24, 2.45) is 0 Å². The van der Waals surface area contributed by atoms with E-state index in [2.05, 4.69) is 68.9 Å². The van der Waals surface area contributed by atoms with Gasteiger partial charge in [-0.15, -0.1) is 12.4 Å². The first-order valence-electron chi connectivity index (χ1n) is 6.54. The summed E-state index contributed by atoms with van der Waals surface area (Å²) < 4.78 is 0. The number of benzene rings is 1. The molecule has 0 atom stereocenters. The van der Waals surface area contributed by atoms with Crippen molar-refractivity contribution in [3.8, 4) is 0 Å². The molecule has 0 radical (unpaired) electrons. The van der Waals surface area contributed by atoms with Crippen molar-refractivity contribution >= 4 is 12.4 Å². The third-order valence-electron chi connectivity index (χ3n) is 2.68. The standard InChI is InChI=1S/C9H13N.C6H15N.ClH/c1-10(2)8-9-6-4-3-5-7-9;1-4-7(5-2)6-3;/h3-7H,8H2,1-2H3;4-6H2,1-3H3;1H. The Balaban J connectivity index is 0. The van der Waals surface area contributed by atoms with Gasteiger partial charge in [0.25, 0.3) is 0 Å². The molecule has 0 amide bonds. The molecule has 0 fully saturated rings. The van der Waals surface area contributed by atoms with E-state index < -0.39 is 0 Å². The Morgan fingerprint density at radius 3 is 1.56 bits per heavy atom. The van der Waals surface area contributed by atoms with E-state index in [1.165, 1.54) is 25.2 Å². The van der Waals surface area contributed by atoms with Crippen LogP contribution in [0.4, 0.5) is 0 Å². The van der Waals surface area contributed by atoms with Crippen LogP contribution in [-0.4, -0.2) is 43.5 Å². The molecule has 3 heteroatoms. The normalized spacial score (nSPS) is 9.72. The lowest BCUT2D eigenvalue weighted by Crippen LogP contribution is -2.21. The molecule has 0 bridgehead atoms. The molecule has 0 saturated heterocycles. The molecule has 0 spiro atoms. The molecule has 1 aromatic carbocycles. The van der Waals surface area contributed by atoms with Crippen LogP contribution in [0, 0.1) is 0 Å². The van der Waals surface area contributed by atoms with Crippen LogP contribution >= 0.6 is 12.4 Å². The average molecular weight is 273 g/mol. The van der Waals surface area contributed by atoms with Crippen LogP contribution in [0.2, 0.25) is 0 Å². The maximum atomic E-state index is 2.38. The van der Waals surface area contributed by atoms with Crippen LogP contribution in [0.3, 0.4) is 0 Å². The molecule has 1 aromatic rings. The third-order valence-corrected chi connectivity index (χ3v) is 2.68. The van der Waals surface area contributed by atoms with Crippen LogP contribution in [0.5, 0.6) is 0 Å². The number of nitrogens with zero attached hydrogens (tertiary/aromatic N) is 2. The van der Waals surface area contributed by atoms with Gasteiger partial charge in [-0.25, -0.2) is 0 Å². The summed E-state index contributed by atoms with van der Waals surface area (Å²) in [6.07, 6.45) is 0. The number of halogens is 1. The zero-order chi connectivity index (χ0) is 13.1. The summed E-state index contributed by atoms with van der Waals surface area (Å²) in [5.74, 6) is 0. The van der Waals surface area contributed by atoms with E-state index in [0.29, 0.717) is 0 Å². The minimum atomic E-state index is 0. The smallest absolute Gasteiger partial charge is 0.0227 e. The van der Waals surface area contributed by atoms with Crippen molar-refractivity contribution in [1.29, 1.82) is 0 Å². The van der Waals surface area contributed by atoms with Gasteiger partial charge in [0.05, 0.1) is 0 Å². The monoisotopic (exact) mass is 272 g/mol. The second-order valence-corrected chi connectivity index (χ2v) is 4.34. The lowest BCUT2D eigenvalue weighted by atomic mass is 10.2. The molecule has 0 aliphatic heterocycles. The molecule has 0 aliphatic carbocycles. The van der Waals surface area contributed by atoms with E-state index in [0.717, 1.165) is 6.54 Å². The third kappa shape index (κ3) is 10.6. The summed E-state index contributed by atoms with van der Waals surface area (Å²) in [7, 11) is 4.15. The topological polar surface area (TPSA) is 6.48 Å². The lowest BCUT2D eigenvalue weighted by Gasteiger charge is -2.13. The first kappa shape index (κ1) is 19.8. The van der Waals surface area contributed by atoms with Crippen LogP contribution < -0.4 is 0 Å². The first-order chi connectivity index (χ1) is 8.13. The van der Waals surface area contributed by atoms with Crippen molar-refractivity contribution in [2.45, 2.75) is 27.3 Å². The predicted molar refractivity (Wildman–Crippen MR) is 84.5 cm³/mol. The van der Waals surface area contributed by atoms with E-state index in [9.17, 15) is 0 Å². The van der Waals surface area contributed by atoms with Gasteiger partial charge in [0.2, 0.25) is 0 Å². The van der Waals surface area contributed by atoms with Gasteiger partial charge in [-0.2, -0.15) is 0 Å². The van der Waals surface area contributed by atoms with E-state index in [-0.39, 0.29) is 12.4 Å². The highest BCUT2D eigenvalue weighted by Crippen LogP contribution is 1.99. The summed E-state index contributed by atoms with van der Waals surface area (Å²) in [6, 6.07) is 10.5. The summed E-state index contributed by atoms with van der Waals surface area (Å²) in [5.41, 5.74) is 1.37. The molecule has 0 saturated carbocycles. The van der Waals surface area contributed by atoms with Gasteiger partial charge in [-0.1, -0.05) is 51.1 Å². The van der Waals surface area contributed by atoms with Crippen molar-refractivity contribution < 1.29 is 0 Å². The van der Waals surface area contributed by atoms with Gasteiger partial charge in [0.1, 0.15) is 0 Å². The summed E-state index contributed by atoms with van der Waals surface area (Å²) in [5, 5.41) is 0. The zero-order valence-electron chi connectivity index (χ0n) is 12.5. The Morgan fingerprint density at radius 1 is 0.833 bits per heavy atom. The van der Waals surface area contributed by atoms with Gasteiger partial charge >= 0.3 is 0 Å². The second-order valence-electron chi connectivity index (χ2n) is 4.34. The number of rotatable bonds is 5. The number of hydrogen-bond acceptors (Lipinski definition) is 2.